The first-order chi connectivity index (χ1) is 7.88. The average Bonchev–Trinajstić information content (AvgIpc) is 2.97. The maximum absolute atomic E-state index is 9.31. The van der Waals surface area contributed by atoms with Crippen molar-refractivity contribution < 1.29 is 19.3 Å². The Balaban J connectivity index is 1.54. The van der Waals surface area contributed by atoms with Crippen molar-refractivity contribution in [3.63, 3.8) is 0 Å². The van der Waals surface area contributed by atoms with E-state index in [1.165, 1.54) is 0 Å². The van der Waals surface area contributed by atoms with Crippen molar-refractivity contribution in [1.29, 1.82) is 0 Å². The SMILES string of the molecule is OCC(COC1OC2OC12)c1ccccc1. The minimum Gasteiger partial charge on any atom is -0.396 e. The van der Waals surface area contributed by atoms with Gasteiger partial charge in [-0.25, -0.2) is 0 Å². The molecule has 3 rings (SSSR count). The summed E-state index contributed by atoms with van der Waals surface area (Å²) in [6.45, 7) is 0.531. The molecule has 2 aliphatic rings. The lowest BCUT2D eigenvalue weighted by atomic mass is 10.0. The van der Waals surface area contributed by atoms with E-state index in [-0.39, 0.29) is 31.2 Å². The van der Waals surface area contributed by atoms with Crippen LogP contribution in [-0.4, -0.2) is 37.0 Å². The van der Waals surface area contributed by atoms with Crippen LogP contribution in [0.25, 0.3) is 0 Å². The maximum atomic E-state index is 9.31. The van der Waals surface area contributed by atoms with E-state index in [2.05, 4.69) is 0 Å². The number of epoxide rings is 1. The number of hydrogen-bond donors (Lipinski definition) is 1. The van der Waals surface area contributed by atoms with Crippen molar-refractivity contribution >= 4 is 0 Å². The van der Waals surface area contributed by atoms with Gasteiger partial charge < -0.3 is 19.3 Å². The van der Waals surface area contributed by atoms with Gasteiger partial charge in [0.25, 0.3) is 0 Å². The highest BCUT2D eigenvalue weighted by Crippen LogP contribution is 2.40. The molecule has 0 amide bonds. The van der Waals surface area contributed by atoms with E-state index < -0.39 is 0 Å². The Kier molecular flexibility index (Phi) is 2.65. The second-order valence-corrected chi connectivity index (χ2v) is 4.10. The molecule has 2 fully saturated rings. The Bertz CT molecular complexity index is 353. The summed E-state index contributed by atoms with van der Waals surface area (Å²) < 4.78 is 15.9. The van der Waals surface area contributed by atoms with Gasteiger partial charge in [-0.15, -0.1) is 0 Å². The molecule has 2 aliphatic heterocycles. The number of rotatable bonds is 5. The molecule has 86 valence electrons. The molecular weight excluding hydrogens is 208 g/mol. The molecule has 4 nitrogen and oxygen atoms in total. The number of aliphatic hydroxyl groups excluding tert-OH is 1. The van der Waals surface area contributed by atoms with E-state index in [0.29, 0.717) is 6.61 Å². The fourth-order valence-electron chi connectivity index (χ4n) is 1.86. The number of fused-ring (bicyclic) bond motifs is 1. The quantitative estimate of drug-likeness (QED) is 0.751. The summed E-state index contributed by atoms with van der Waals surface area (Å²) in [4.78, 5) is 0. The van der Waals surface area contributed by atoms with Gasteiger partial charge in [0.2, 0.25) is 0 Å². The van der Waals surface area contributed by atoms with Crippen LogP contribution in [0.4, 0.5) is 0 Å². The summed E-state index contributed by atoms with van der Waals surface area (Å²) in [6.07, 6.45) is -0.118. The lowest BCUT2D eigenvalue weighted by molar-refractivity contribution is -0.204. The van der Waals surface area contributed by atoms with Gasteiger partial charge >= 0.3 is 0 Å². The predicted molar refractivity (Wildman–Crippen MR) is 55.8 cm³/mol. The molecule has 1 aromatic carbocycles. The first kappa shape index (κ1) is 10.2. The Morgan fingerprint density at radius 2 is 2.06 bits per heavy atom. The Morgan fingerprint density at radius 1 is 1.25 bits per heavy atom. The number of aliphatic hydroxyl groups is 1. The topological polar surface area (TPSA) is 51.2 Å². The normalized spacial score (nSPS) is 32.7. The van der Waals surface area contributed by atoms with Crippen LogP contribution >= 0.6 is 0 Å². The van der Waals surface area contributed by atoms with Crippen molar-refractivity contribution in [3.8, 4) is 0 Å². The molecule has 0 spiro atoms. The Hall–Kier alpha value is -0.940. The first-order valence-corrected chi connectivity index (χ1v) is 5.47. The summed E-state index contributed by atoms with van der Waals surface area (Å²) in [5, 5.41) is 9.31. The maximum Gasteiger partial charge on any atom is 0.192 e. The third kappa shape index (κ3) is 1.85. The zero-order valence-electron chi connectivity index (χ0n) is 8.78. The smallest absolute Gasteiger partial charge is 0.192 e. The second-order valence-electron chi connectivity index (χ2n) is 4.10. The molecule has 0 aliphatic carbocycles. The van der Waals surface area contributed by atoms with Crippen LogP contribution in [0.2, 0.25) is 0 Å². The highest BCUT2D eigenvalue weighted by molar-refractivity contribution is 5.19. The van der Waals surface area contributed by atoms with E-state index in [0.717, 1.165) is 5.56 Å². The van der Waals surface area contributed by atoms with Gasteiger partial charge in [-0.1, -0.05) is 30.3 Å². The third-order valence-corrected chi connectivity index (χ3v) is 2.97. The lowest BCUT2D eigenvalue weighted by Gasteiger charge is -2.24. The minimum atomic E-state index is -0.234. The van der Waals surface area contributed by atoms with Crippen LogP contribution in [0, 0.1) is 0 Å². The number of ether oxygens (including phenoxy) is 3. The van der Waals surface area contributed by atoms with Gasteiger partial charge in [-0.3, -0.25) is 0 Å². The van der Waals surface area contributed by atoms with Gasteiger partial charge in [-0.05, 0) is 5.56 Å². The average molecular weight is 222 g/mol. The van der Waals surface area contributed by atoms with Crippen LogP contribution < -0.4 is 0 Å². The van der Waals surface area contributed by atoms with E-state index >= 15 is 0 Å². The molecular formula is C12H14O4. The predicted octanol–water partition coefficient (Wildman–Crippen LogP) is 0.860. The summed E-state index contributed by atoms with van der Waals surface area (Å²) in [6, 6.07) is 9.84. The molecule has 0 bridgehead atoms. The van der Waals surface area contributed by atoms with Crippen LogP contribution in [0.5, 0.6) is 0 Å². The van der Waals surface area contributed by atoms with Crippen molar-refractivity contribution in [2.45, 2.75) is 24.6 Å². The van der Waals surface area contributed by atoms with Crippen LogP contribution in [0.3, 0.4) is 0 Å². The van der Waals surface area contributed by atoms with E-state index in [1.54, 1.807) is 0 Å². The summed E-state index contributed by atoms with van der Waals surface area (Å²) in [5.74, 6) is 0.00241. The van der Waals surface area contributed by atoms with Gasteiger partial charge in [0.15, 0.2) is 18.7 Å². The highest BCUT2D eigenvalue weighted by Gasteiger charge is 2.59. The summed E-state index contributed by atoms with van der Waals surface area (Å²) >= 11 is 0. The molecule has 2 saturated heterocycles. The van der Waals surface area contributed by atoms with Crippen molar-refractivity contribution in [2.24, 2.45) is 0 Å². The number of benzene rings is 1. The van der Waals surface area contributed by atoms with Gasteiger partial charge in [0, 0.05) is 5.92 Å². The van der Waals surface area contributed by atoms with Crippen molar-refractivity contribution in [2.75, 3.05) is 13.2 Å². The van der Waals surface area contributed by atoms with Crippen LogP contribution in [-0.2, 0) is 14.2 Å². The summed E-state index contributed by atoms with van der Waals surface area (Å²) in [5.41, 5.74) is 1.08. The Labute approximate surface area is 93.7 Å². The fourth-order valence-corrected chi connectivity index (χ4v) is 1.86. The monoisotopic (exact) mass is 222 g/mol. The largest absolute Gasteiger partial charge is 0.396 e. The molecule has 4 unspecified atom stereocenters. The van der Waals surface area contributed by atoms with E-state index in [9.17, 15) is 5.11 Å². The lowest BCUT2D eigenvalue weighted by Crippen LogP contribution is -2.37. The third-order valence-electron chi connectivity index (χ3n) is 2.97. The number of hydrogen-bond acceptors (Lipinski definition) is 4. The molecule has 4 atom stereocenters. The summed E-state index contributed by atoms with van der Waals surface area (Å²) in [7, 11) is 0. The zero-order chi connectivity index (χ0) is 11.0. The Morgan fingerprint density at radius 3 is 2.62 bits per heavy atom. The molecule has 2 heterocycles. The van der Waals surface area contributed by atoms with Crippen LogP contribution in [0.15, 0.2) is 30.3 Å². The molecule has 1 aromatic rings. The van der Waals surface area contributed by atoms with Gasteiger partial charge in [0.1, 0.15) is 0 Å². The second kappa shape index (κ2) is 4.14. The first-order valence-electron chi connectivity index (χ1n) is 5.47. The van der Waals surface area contributed by atoms with Gasteiger partial charge in [0.05, 0.1) is 13.2 Å². The molecule has 0 saturated carbocycles. The molecule has 16 heavy (non-hydrogen) atoms. The highest BCUT2D eigenvalue weighted by atomic mass is 16.9. The van der Waals surface area contributed by atoms with Crippen molar-refractivity contribution in [1.82, 2.24) is 0 Å². The molecule has 1 N–H and O–H groups in total. The molecule has 0 radical (unpaired) electrons. The van der Waals surface area contributed by atoms with E-state index in [1.807, 2.05) is 30.3 Å². The minimum absolute atomic E-state index is 0.00241. The standard InChI is InChI=1S/C12H14O4/c13-6-9(8-4-2-1-3-5-8)7-14-11-10-12(15-10)16-11/h1-5,9-13H,6-7H2. The van der Waals surface area contributed by atoms with E-state index in [4.69, 9.17) is 14.2 Å². The van der Waals surface area contributed by atoms with Crippen molar-refractivity contribution in [3.05, 3.63) is 35.9 Å². The molecule has 4 heteroatoms. The molecule has 0 aromatic heterocycles. The van der Waals surface area contributed by atoms with Crippen LogP contribution in [0.1, 0.15) is 11.5 Å². The zero-order valence-corrected chi connectivity index (χ0v) is 8.78. The van der Waals surface area contributed by atoms with Gasteiger partial charge in [-0.2, -0.15) is 0 Å². The fraction of sp³-hybridized carbons (Fsp3) is 0.500.